The van der Waals surface area contributed by atoms with Crippen LogP contribution < -0.4 is 16.2 Å². The van der Waals surface area contributed by atoms with E-state index in [2.05, 4.69) is 36.5 Å². The molecular formula is C15H15BrN4O3S. The van der Waals surface area contributed by atoms with Crippen molar-refractivity contribution in [1.29, 1.82) is 0 Å². The van der Waals surface area contributed by atoms with Crippen molar-refractivity contribution in [3.63, 3.8) is 0 Å². The first kappa shape index (κ1) is 18.2. The van der Waals surface area contributed by atoms with E-state index < -0.39 is 0 Å². The molecule has 0 saturated carbocycles. The normalized spacial score (nSPS) is 10.2. The quantitative estimate of drug-likeness (QED) is 0.496. The SMILES string of the molecule is Cc1cc(Br)ccc1NC(=O)CNC(=O)CSc1nccc(=O)[nH]1. The molecule has 0 unspecified atom stereocenters. The molecule has 3 N–H and O–H groups in total. The summed E-state index contributed by atoms with van der Waals surface area (Å²) < 4.78 is 0.927. The van der Waals surface area contributed by atoms with Crippen molar-refractivity contribution < 1.29 is 9.59 Å². The van der Waals surface area contributed by atoms with Crippen molar-refractivity contribution in [2.75, 3.05) is 17.6 Å². The first-order valence-electron chi connectivity index (χ1n) is 6.95. The first-order valence-corrected chi connectivity index (χ1v) is 8.73. The number of halogens is 1. The lowest BCUT2D eigenvalue weighted by Gasteiger charge is -2.09. The molecule has 126 valence electrons. The van der Waals surface area contributed by atoms with Gasteiger partial charge in [0, 0.05) is 22.4 Å². The maximum Gasteiger partial charge on any atom is 0.251 e. The minimum atomic E-state index is -0.325. The average molecular weight is 411 g/mol. The summed E-state index contributed by atoms with van der Waals surface area (Å²) in [6.07, 6.45) is 1.37. The number of amides is 2. The zero-order valence-corrected chi connectivity index (χ0v) is 15.2. The molecule has 0 spiro atoms. The summed E-state index contributed by atoms with van der Waals surface area (Å²) in [5, 5.41) is 5.60. The van der Waals surface area contributed by atoms with Crippen LogP contribution in [-0.4, -0.2) is 34.1 Å². The van der Waals surface area contributed by atoms with Gasteiger partial charge in [-0.05, 0) is 30.7 Å². The predicted octanol–water partition coefficient (Wildman–Crippen LogP) is 1.69. The zero-order chi connectivity index (χ0) is 17.5. The molecule has 9 heteroatoms. The second-order valence-electron chi connectivity index (χ2n) is 4.81. The summed E-state index contributed by atoms with van der Waals surface area (Å²) in [5.74, 6) is -0.587. The monoisotopic (exact) mass is 410 g/mol. The number of aromatic nitrogens is 2. The fraction of sp³-hybridized carbons (Fsp3) is 0.200. The fourth-order valence-electron chi connectivity index (χ4n) is 1.75. The van der Waals surface area contributed by atoms with Gasteiger partial charge in [0.05, 0.1) is 12.3 Å². The first-order chi connectivity index (χ1) is 11.4. The Morgan fingerprint density at radius 2 is 2.08 bits per heavy atom. The number of benzene rings is 1. The van der Waals surface area contributed by atoms with Crippen LogP contribution in [0.4, 0.5) is 5.69 Å². The third kappa shape index (κ3) is 5.82. The molecule has 1 aromatic carbocycles. The number of aromatic amines is 1. The third-order valence-corrected chi connectivity index (χ3v) is 4.28. The third-order valence-electron chi connectivity index (χ3n) is 2.90. The van der Waals surface area contributed by atoms with Crippen molar-refractivity contribution in [3.05, 3.63) is 50.9 Å². The number of H-pyrrole nitrogens is 1. The second-order valence-corrected chi connectivity index (χ2v) is 6.69. The van der Waals surface area contributed by atoms with Crippen molar-refractivity contribution in [2.45, 2.75) is 12.1 Å². The van der Waals surface area contributed by atoms with E-state index in [4.69, 9.17) is 0 Å². The molecule has 7 nitrogen and oxygen atoms in total. The van der Waals surface area contributed by atoms with Gasteiger partial charge in [-0.15, -0.1) is 0 Å². The molecule has 2 aromatic rings. The van der Waals surface area contributed by atoms with E-state index in [1.807, 2.05) is 19.1 Å². The van der Waals surface area contributed by atoms with Gasteiger partial charge in [0.25, 0.3) is 5.56 Å². The van der Waals surface area contributed by atoms with E-state index in [0.29, 0.717) is 10.8 Å². The Bertz CT molecular complexity index is 809. The second kappa shape index (κ2) is 8.65. The number of aryl methyl sites for hydroxylation is 1. The highest BCUT2D eigenvalue weighted by Gasteiger charge is 2.08. The van der Waals surface area contributed by atoms with Gasteiger partial charge in [0.2, 0.25) is 11.8 Å². The van der Waals surface area contributed by atoms with Crippen LogP contribution in [0.1, 0.15) is 5.56 Å². The minimum absolute atomic E-state index is 0.0531. The number of thioether (sulfide) groups is 1. The lowest BCUT2D eigenvalue weighted by atomic mass is 10.2. The summed E-state index contributed by atoms with van der Waals surface area (Å²) in [6, 6.07) is 6.79. The van der Waals surface area contributed by atoms with Gasteiger partial charge < -0.3 is 15.6 Å². The highest BCUT2D eigenvalue weighted by Crippen LogP contribution is 2.19. The number of hydrogen-bond acceptors (Lipinski definition) is 5. The Labute approximate surface area is 150 Å². The van der Waals surface area contributed by atoms with E-state index in [1.54, 1.807) is 6.07 Å². The molecule has 0 aliphatic heterocycles. The zero-order valence-electron chi connectivity index (χ0n) is 12.8. The number of carbonyl (C=O) groups is 2. The van der Waals surface area contributed by atoms with Gasteiger partial charge in [0.1, 0.15) is 0 Å². The van der Waals surface area contributed by atoms with Crippen LogP contribution in [0.3, 0.4) is 0 Å². The molecule has 1 aromatic heterocycles. The minimum Gasteiger partial charge on any atom is -0.346 e. The highest BCUT2D eigenvalue weighted by molar-refractivity contribution is 9.10. The molecule has 2 rings (SSSR count). The number of hydrogen-bond donors (Lipinski definition) is 3. The smallest absolute Gasteiger partial charge is 0.251 e. The van der Waals surface area contributed by atoms with Gasteiger partial charge >= 0.3 is 0 Å². The van der Waals surface area contributed by atoms with Gasteiger partial charge in [-0.2, -0.15) is 0 Å². The molecular weight excluding hydrogens is 396 g/mol. The lowest BCUT2D eigenvalue weighted by molar-refractivity contribution is -0.122. The lowest BCUT2D eigenvalue weighted by Crippen LogP contribution is -2.34. The van der Waals surface area contributed by atoms with E-state index in [0.717, 1.165) is 21.8 Å². The molecule has 2 amide bonds. The molecule has 1 heterocycles. The summed E-state index contributed by atoms with van der Waals surface area (Å²) in [4.78, 5) is 41.1. The van der Waals surface area contributed by atoms with Gasteiger partial charge in [-0.3, -0.25) is 14.4 Å². The number of anilines is 1. The van der Waals surface area contributed by atoms with Gasteiger partial charge in [-0.25, -0.2) is 4.98 Å². The van der Waals surface area contributed by atoms with Gasteiger partial charge in [-0.1, -0.05) is 27.7 Å². The molecule has 0 bridgehead atoms. The highest BCUT2D eigenvalue weighted by atomic mass is 79.9. The molecule has 0 fully saturated rings. The number of nitrogens with zero attached hydrogens (tertiary/aromatic N) is 1. The molecule has 0 radical (unpaired) electrons. The molecule has 24 heavy (non-hydrogen) atoms. The largest absolute Gasteiger partial charge is 0.346 e. The summed E-state index contributed by atoms with van der Waals surface area (Å²) >= 11 is 4.44. The van der Waals surface area contributed by atoms with Crippen LogP contribution in [0.2, 0.25) is 0 Å². The molecule has 0 atom stereocenters. The van der Waals surface area contributed by atoms with Crippen molar-refractivity contribution in [3.8, 4) is 0 Å². The Kier molecular flexibility index (Phi) is 6.56. The van der Waals surface area contributed by atoms with Crippen LogP contribution in [-0.2, 0) is 9.59 Å². The Morgan fingerprint density at radius 1 is 1.29 bits per heavy atom. The Morgan fingerprint density at radius 3 is 2.79 bits per heavy atom. The van der Waals surface area contributed by atoms with Crippen LogP contribution in [0, 0.1) is 6.92 Å². The molecule has 0 saturated heterocycles. The maximum atomic E-state index is 11.9. The number of carbonyl (C=O) groups excluding carboxylic acids is 2. The summed E-state index contributed by atoms with van der Waals surface area (Å²) in [7, 11) is 0. The predicted molar refractivity (Wildman–Crippen MR) is 96.1 cm³/mol. The fourth-order valence-corrected chi connectivity index (χ4v) is 2.90. The average Bonchev–Trinajstić information content (AvgIpc) is 2.54. The number of nitrogens with one attached hydrogen (secondary N) is 3. The number of rotatable bonds is 6. The van der Waals surface area contributed by atoms with Crippen LogP contribution in [0.5, 0.6) is 0 Å². The Balaban J connectivity index is 1.76. The topological polar surface area (TPSA) is 104 Å². The van der Waals surface area contributed by atoms with Crippen molar-refractivity contribution in [1.82, 2.24) is 15.3 Å². The van der Waals surface area contributed by atoms with Crippen LogP contribution in [0.25, 0.3) is 0 Å². The van der Waals surface area contributed by atoms with E-state index in [-0.39, 0.29) is 29.7 Å². The molecule has 0 aliphatic carbocycles. The standard InChI is InChI=1S/C15H15BrN4O3S/c1-9-6-10(16)2-3-11(9)19-13(22)7-18-14(23)8-24-15-17-5-4-12(21)20-15/h2-6H,7-8H2,1H3,(H,18,23)(H,19,22)(H,17,20,21). The summed E-state index contributed by atoms with van der Waals surface area (Å²) in [5.41, 5.74) is 1.33. The summed E-state index contributed by atoms with van der Waals surface area (Å²) in [6.45, 7) is 1.75. The molecule has 0 aliphatic rings. The van der Waals surface area contributed by atoms with E-state index in [9.17, 15) is 14.4 Å². The Hall–Kier alpha value is -2.13. The van der Waals surface area contributed by atoms with Crippen molar-refractivity contribution >= 4 is 45.2 Å². The van der Waals surface area contributed by atoms with E-state index in [1.165, 1.54) is 12.3 Å². The van der Waals surface area contributed by atoms with E-state index >= 15 is 0 Å². The van der Waals surface area contributed by atoms with Crippen molar-refractivity contribution in [2.24, 2.45) is 0 Å². The van der Waals surface area contributed by atoms with Crippen LogP contribution in [0.15, 0.2) is 44.9 Å². The van der Waals surface area contributed by atoms with Crippen LogP contribution >= 0.6 is 27.7 Å². The van der Waals surface area contributed by atoms with Gasteiger partial charge in [0.15, 0.2) is 5.16 Å². The maximum absolute atomic E-state index is 11.9.